The van der Waals surface area contributed by atoms with Gasteiger partial charge in [-0.1, -0.05) is 18.2 Å². The molecule has 2 aromatic carbocycles. The summed E-state index contributed by atoms with van der Waals surface area (Å²) in [4.78, 5) is 28.2. The monoisotopic (exact) mass is 463 g/mol. The molecule has 0 radical (unpaired) electrons. The van der Waals surface area contributed by atoms with Gasteiger partial charge in [0.2, 0.25) is 0 Å². The first kappa shape index (κ1) is 23.4. The summed E-state index contributed by atoms with van der Waals surface area (Å²) < 4.78 is 7.55. The average molecular weight is 464 g/mol. The highest BCUT2D eigenvalue weighted by atomic mass is 16.6. The molecule has 3 aromatic rings. The Kier molecular flexibility index (Phi) is 6.93. The Bertz CT molecular complexity index is 1200. The lowest BCUT2D eigenvalue weighted by Crippen LogP contribution is -2.48. The molecule has 0 unspecified atom stereocenters. The van der Waals surface area contributed by atoms with E-state index in [-0.39, 0.29) is 24.0 Å². The zero-order valence-electron chi connectivity index (χ0n) is 19.7. The molecular weight excluding hydrogens is 434 g/mol. The number of nitro groups is 1. The fourth-order valence-electron chi connectivity index (χ4n) is 4.18. The SMILES string of the molecule is Cc1ccc(OCc2cccc(C(=O)N3CCN(Cc4cn(C)nc4C)CC3)c2)c([N+](=O)[O-])c1. The molecule has 0 spiro atoms. The molecule has 0 bridgehead atoms. The lowest BCUT2D eigenvalue weighted by Gasteiger charge is -2.34. The standard InChI is InChI=1S/C25H29N5O4/c1-18-7-8-24(23(13-18)30(32)33)34-17-20-5-4-6-21(14-20)25(31)29-11-9-28(10-12-29)16-22-15-27(3)26-19(22)2/h4-8,13-15H,9-12,16-17H2,1-3H3. The molecule has 9 heteroatoms. The molecule has 1 aliphatic heterocycles. The molecule has 0 atom stereocenters. The van der Waals surface area contributed by atoms with E-state index in [0.29, 0.717) is 18.7 Å². The van der Waals surface area contributed by atoms with Gasteiger partial charge < -0.3 is 9.64 Å². The van der Waals surface area contributed by atoms with Gasteiger partial charge in [0.1, 0.15) is 6.61 Å². The number of aromatic nitrogens is 2. The van der Waals surface area contributed by atoms with Crippen LogP contribution in [-0.2, 0) is 20.2 Å². The fraction of sp³-hybridized carbons (Fsp3) is 0.360. The lowest BCUT2D eigenvalue weighted by atomic mass is 10.1. The molecule has 1 amide bonds. The number of piperazine rings is 1. The van der Waals surface area contributed by atoms with Gasteiger partial charge >= 0.3 is 5.69 Å². The molecule has 178 valence electrons. The molecular formula is C25H29N5O4. The molecule has 0 N–H and O–H groups in total. The van der Waals surface area contributed by atoms with Gasteiger partial charge in [0.05, 0.1) is 10.6 Å². The number of ether oxygens (including phenoxy) is 1. The second-order valence-electron chi connectivity index (χ2n) is 8.70. The Labute approximate surface area is 198 Å². The molecule has 1 saturated heterocycles. The molecule has 1 aromatic heterocycles. The van der Waals surface area contributed by atoms with Crippen molar-refractivity contribution in [3.8, 4) is 5.75 Å². The maximum absolute atomic E-state index is 13.1. The molecule has 1 aliphatic rings. The Hall–Kier alpha value is -3.72. The number of hydrogen-bond donors (Lipinski definition) is 0. The topological polar surface area (TPSA) is 93.7 Å². The van der Waals surface area contributed by atoms with Crippen molar-refractivity contribution in [3.63, 3.8) is 0 Å². The molecule has 9 nitrogen and oxygen atoms in total. The summed E-state index contributed by atoms with van der Waals surface area (Å²) in [5, 5.41) is 15.7. The van der Waals surface area contributed by atoms with Crippen LogP contribution in [0.4, 0.5) is 5.69 Å². The number of carbonyl (C=O) groups is 1. The molecule has 1 fully saturated rings. The van der Waals surface area contributed by atoms with E-state index < -0.39 is 4.92 Å². The van der Waals surface area contributed by atoms with Crippen LogP contribution < -0.4 is 4.74 Å². The van der Waals surface area contributed by atoms with Crippen LogP contribution in [0.25, 0.3) is 0 Å². The molecule has 0 aliphatic carbocycles. The van der Waals surface area contributed by atoms with E-state index in [4.69, 9.17) is 4.74 Å². The van der Waals surface area contributed by atoms with Crippen molar-refractivity contribution in [2.45, 2.75) is 27.0 Å². The highest BCUT2D eigenvalue weighted by Gasteiger charge is 2.23. The summed E-state index contributed by atoms with van der Waals surface area (Å²) in [7, 11) is 1.92. The second kappa shape index (κ2) is 10.0. The molecule has 2 heterocycles. The minimum Gasteiger partial charge on any atom is -0.482 e. The summed E-state index contributed by atoms with van der Waals surface area (Å²) in [6.45, 7) is 7.72. The Morgan fingerprint density at radius 2 is 1.88 bits per heavy atom. The van der Waals surface area contributed by atoms with Crippen molar-refractivity contribution in [1.82, 2.24) is 19.6 Å². The van der Waals surface area contributed by atoms with E-state index in [1.54, 1.807) is 31.2 Å². The molecule has 4 rings (SSSR count). The Balaban J connectivity index is 1.35. The van der Waals surface area contributed by atoms with Gasteiger partial charge in [-0.2, -0.15) is 5.10 Å². The number of rotatable bonds is 7. The zero-order chi connectivity index (χ0) is 24.2. The summed E-state index contributed by atoms with van der Waals surface area (Å²) in [6, 6.07) is 12.1. The highest BCUT2D eigenvalue weighted by Crippen LogP contribution is 2.28. The van der Waals surface area contributed by atoms with Crippen molar-refractivity contribution in [1.29, 1.82) is 0 Å². The van der Waals surface area contributed by atoms with Gasteiger partial charge in [-0.3, -0.25) is 24.5 Å². The van der Waals surface area contributed by atoms with E-state index in [9.17, 15) is 14.9 Å². The minimum absolute atomic E-state index is 0.0135. The van der Waals surface area contributed by atoms with Crippen LogP contribution in [0, 0.1) is 24.0 Å². The minimum atomic E-state index is -0.447. The van der Waals surface area contributed by atoms with Crippen molar-refractivity contribution in [3.05, 3.63) is 86.7 Å². The van der Waals surface area contributed by atoms with Gasteiger partial charge in [-0.05, 0) is 43.2 Å². The van der Waals surface area contributed by atoms with Gasteiger partial charge in [0.15, 0.2) is 5.75 Å². The average Bonchev–Trinajstić information content (AvgIpc) is 3.14. The van der Waals surface area contributed by atoms with Crippen LogP contribution in [0.2, 0.25) is 0 Å². The maximum Gasteiger partial charge on any atom is 0.311 e. The van der Waals surface area contributed by atoms with E-state index in [0.717, 1.165) is 36.5 Å². The van der Waals surface area contributed by atoms with Gasteiger partial charge in [-0.25, -0.2) is 0 Å². The first-order chi connectivity index (χ1) is 16.3. The van der Waals surface area contributed by atoms with Crippen LogP contribution in [0.15, 0.2) is 48.7 Å². The van der Waals surface area contributed by atoms with Crippen LogP contribution >= 0.6 is 0 Å². The summed E-state index contributed by atoms with van der Waals surface area (Å²) in [5.74, 6) is 0.202. The van der Waals surface area contributed by atoms with Crippen molar-refractivity contribution < 1.29 is 14.5 Å². The van der Waals surface area contributed by atoms with Gasteiger partial charge in [0.25, 0.3) is 5.91 Å². The number of benzene rings is 2. The zero-order valence-corrected chi connectivity index (χ0v) is 19.7. The summed E-state index contributed by atoms with van der Waals surface area (Å²) in [5.41, 5.74) is 4.36. The van der Waals surface area contributed by atoms with Crippen LogP contribution in [-0.4, -0.2) is 56.6 Å². The number of hydrogen-bond acceptors (Lipinski definition) is 6. The third-order valence-electron chi connectivity index (χ3n) is 6.05. The van der Waals surface area contributed by atoms with Crippen LogP contribution in [0.1, 0.15) is 32.7 Å². The fourth-order valence-corrected chi connectivity index (χ4v) is 4.18. The predicted octanol–water partition coefficient (Wildman–Crippen LogP) is 3.48. The van der Waals surface area contributed by atoms with Crippen LogP contribution in [0.3, 0.4) is 0 Å². The molecule has 34 heavy (non-hydrogen) atoms. The highest BCUT2D eigenvalue weighted by molar-refractivity contribution is 5.94. The number of nitrogens with zero attached hydrogens (tertiary/aromatic N) is 5. The van der Waals surface area contributed by atoms with E-state index in [2.05, 4.69) is 10.00 Å². The van der Waals surface area contributed by atoms with E-state index in [1.807, 2.05) is 41.9 Å². The third-order valence-corrected chi connectivity index (χ3v) is 6.05. The van der Waals surface area contributed by atoms with Crippen LogP contribution in [0.5, 0.6) is 5.75 Å². The lowest BCUT2D eigenvalue weighted by molar-refractivity contribution is -0.386. The first-order valence-electron chi connectivity index (χ1n) is 11.3. The van der Waals surface area contributed by atoms with Crippen molar-refractivity contribution >= 4 is 11.6 Å². The summed E-state index contributed by atoms with van der Waals surface area (Å²) >= 11 is 0. The van der Waals surface area contributed by atoms with E-state index >= 15 is 0 Å². The predicted molar refractivity (Wildman–Crippen MR) is 128 cm³/mol. The third kappa shape index (κ3) is 5.43. The summed E-state index contributed by atoms with van der Waals surface area (Å²) in [6.07, 6.45) is 2.05. The smallest absolute Gasteiger partial charge is 0.311 e. The molecule has 0 saturated carbocycles. The van der Waals surface area contributed by atoms with Crippen molar-refractivity contribution in [2.75, 3.05) is 26.2 Å². The van der Waals surface area contributed by atoms with Crippen molar-refractivity contribution in [2.24, 2.45) is 7.05 Å². The first-order valence-corrected chi connectivity index (χ1v) is 11.3. The number of nitro benzene ring substituents is 1. The van der Waals surface area contributed by atoms with Gasteiger partial charge in [0, 0.05) is 63.2 Å². The normalized spacial score (nSPS) is 14.3. The number of carbonyl (C=O) groups excluding carboxylic acids is 1. The number of amides is 1. The quantitative estimate of drug-likeness (QED) is 0.393. The largest absolute Gasteiger partial charge is 0.482 e. The van der Waals surface area contributed by atoms with E-state index in [1.165, 1.54) is 11.6 Å². The second-order valence-corrected chi connectivity index (χ2v) is 8.70. The number of aryl methyl sites for hydroxylation is 3. The Morgan fingerprint density at radius 1 is 1.12 bits per heavy atom. The maximum atomic E-state index is 13.1. The Morgan fingerprint density at radius 3 is 2.56 bits per heavy atom. The van der Waals surface area contributed by atoms with Gasteiger partial charge in [-0.15, -0.1) is 0 Å².